The van der Waals surface area contributed by atoms with Gasteiger partial charge in [-0.3, -0.25) is 9.69 Å². The second kappa shape index (κ2) is 6.18. The Morgan fingerprint density at radius 1 is 1.20 bits per heavy atom. The number of morpholine rings is 1. The van der Waals surface area contributed by atoms with Crippen LogP contribution in [0.3, 0.4) is 0 Å². The lowest BCUT2D eigenvalue weighted by Gasteiger charge is -2.51. The van der Waals surface area contributed by atoms with E-state index in [0.29, 0.717) is 12.6 Å². The average molecular weight is 346 g/mol. The molecule has 136 valence electrons. The summed E-state index contributed by atoms with van der Waals surface area (Å²) in [5.41, 5.74) is 2.41. The van der Waals surface area contributed by atoms with E-state index in [1.807, 2.05) is 11.9 Å². The molecule has 1 aromatic rings. The molecule has 3 aliphatic heterocycles. The van der Waals surface area contributed by atoms with Gasteiger partial charge in [0.05, 0.1) is 19.8 Å². The van der Waals surface area contributed by atoms with Crippen molar-refractivity contribution in [1.29, 1.82) is 0 Å². The molecule has 1 aromatic carbocycles. The van der Waals surface area contributed by atoms with Crippen molar-refractivity contribution in [3.63, 3.8) is 0 Å². The van der Waals surface area contributed by atoms with E-state index >= 15 is 0 Å². The first kappa shape index (κ1) is 16.7. The standard InChI is InChI=1S/C19H26N2O4/c1-20-12-19(25-11-18(20)22)5-7-21-6-4-13-8-16(23-2)17(24-3)9-14(13)15(21)10-19/h8-9,15H,4-7,10-12H2,1-3H3/t15-,19-/m0/s1. The van der Waals surface area contributed by atoms with E-state index < -0.39 is 0 Å². The van der Waals surface area contributed by atoms with E-state index in [1.165, 1.54) is 11.1 Å². The molecule has 3 aliphatic rings. The Balaban J connectivity index is 1.66. The number of carbonyl (C=O) groups is 1. The first-order valence-corrected chi connectivity index (χ1v) is 8.92. The number of hydrogen-bond acceptors (Lipinski definition) is 5. The molecule has 25 heavy (non-hydrogen) atoms. The lowest BCUT2D eigenvalue weighted by molar-refractivity contribution is -0.173. The number of ether oxygens (including phenoxy) is 3. The van der Waals surface area contributed by atoms with Crippen LogP contribution in [0.5, 0.6) is 11.5 Å². The molecule has 0 aliphatic carbocycles. The number of amides is 1. The quantitative estimate of drug-likeness (QED) is 0.815. The molecule has 2 saturated heterocycles. The van der Waals surface area contributed by atoms with Crippen molar-refractivity contribution < 1.29 is 19.0 Å². The molecule has 1 amide bonds. The summed E-state index contributed by atoms with van der Waals surface area (Å²) in [5, 5.41) is 0. The Morgan fingerprint density at radius 3 is 2.68 bits per heavy atom. The van der Waals surface area contributed by atoms with Gasteiger partial charge in [0.2, 0.25) is 5.91 Å². The zero-order valence-electron chi connectivity index (χ0n) is 15.2. The summed E-state index contributed by atoms with van der Waals surface area (Å²) in [4.78, 5) is 16.2. The molecular weight excluding hydrogens is 320 g/mol. The topological polar surface area (TPSA) is 51.2 Å². The van der Waals surface area contributed by atoms with Crippen LogP contribution in [0.1, 0.15) is 30.0 Å². The summed E-state index contributed by atoms with van der Waals surface area (Å²) in [6.07, 6.45) is 2.91. The second-order valence-electron chi connectivity index (χ2n) is 7.38. The maximum absolute atomic E-state index is 11.8. The maximum Gasteiger partial charge on any atom is 0.248 e. The Hall–Kier alpha value is -1.79. The lowest BCUT2D eigenvalue weighted by atomic mass is 9.78. The van der Waals surface area contributed by atoms with Crippen LogP contribution in [0.4, 0.5) is 0 Å². The number of fused-ring (bicyclic) bond motifs is 3. The number of hydrogen-bond donors (Lipinski definition) is 0. The molecule has 0 saturated carbocycles. The number of methoxy groups -OCH3 is 2. The molecule has 6 nitrogen and oxygen atoms in total. The smallest absolute Gasteiger partial charge is 0.248 e. The normalized spacial score (nSPS) is 29.3. The van der Waals surface area contributed by atoms with Crippen LogP contribution < -0.4 is 9.47 Å². The van der Waals surface area contributed by atoms with Crippen molar-refractivity contribution in [1.82, 2.24) is 9.80 Å². The van der Waals surface area contributed by atoms with E-state index in [0.717, 1.165) is 43.9 Å². The SMILES string of the molecule is COc1cc2c(cc1OC)[C@@H]1C[C@@]3(CCN1CC2)CN(C)C(=O)CO3. The average Bonchev–Trinajstić information content (AvgIpc) is 2.64. The van der Waals surface area contributed by atoms with Crippen LogP contribution >= 0.6 is 0 Å². The number of piperidine rings is 1. The molecule has 0 aromatic heterocycles. The minimum atomic E-state index is -0.231. The molecule has 2 fully saturated rings. The molecule has 0 unspecified atom stereocenters. The zero-order chi connectivity index (χ0) is 17.6. The van der Waals surface area contributed by atoms with Gasteiger partial charge < -0.3 is 19.1 Å². The van der Waals surface area contributed by atoms with Gasteiger partial charge in [0.1, 0.15) is 6.61 Å². The van der Waals surface area contributed by atoms with Gasteiger partial charge in [-0.05, 0) is 42.5 Å². The van der Waals surface area contributed by atoms with Gasteiger partial charge in [-0.1, -0.05) is 0 Å². The van der Waals surface area contributed by atoms with E-state index in [4.69, 9.17) is 14.2 Å². The fraction of sp³-hybridized carbons (Fsp3) is 0.632. The third-order valence-corrected chi connectivity index (χ3v) is 5.99. The minimum Gasteiger partial charge on any atom is -0.493 e. The van der Waals surface area contributed by atoms with Gasteiger partial charge >= 0.3 is 0 Å². The molecule has 6 heteroatoms. The summed E-state index contributed by atoms with van der Waals surface area (Å²) in [5.74, 6) is 1.64. The van der Waals surface area contributed by atoms with E-state index in [2.05, 4.69) is 17.0 Å². The first-order valence-electron chi connectivity index (χ1n) is 8.92. The van der Waals surface area contributed by atoms with Crippen molar-refractivity contribution in [2.75, 3.05) is 47.5 Å². The molecule has 4 rings (SSSR count). The van der Waals surface area contributed by atoms with E-state index in [1.54, 1.807) is 14.2 Å². The van der Waals surface area contributed by atoms with Crippen LogP contribution in [0.15, 0.2) is 12.1 Å². The largest absolute Gasteiger partial charge is 0.493 e. The van der Waals surface area contributed by atoms with Crippen LogP contribution in [0.2, 0.25) is 0 Å². The van der Waals surface area contributed by atoms with Crippen molar-refractivity contribution >= 4 is 5.91 Å². The number of likely N-dealkylation sites (N-methyl/N-ethyl adjacent to an activating group) is 1. The number of rotatable bonds is 2. The van der Waals surface area contributed by atoms with Crippen LogP contribution in [-0.4, -0.2) is 68.8 Å². The van der Waals surface area contributed by atoms with Crippen molar-refractivity contribution in [2.45, 2.75) is 30.9 Å². The maximum atomic E-state index is 11.8. The minimum absolute atomic E-state index is 0.0727. The molecular formula is C19H26N2O4. The number of carbonyl (C=O) groups excluding carboxylic acids is 1. The third kappa shape index (κ3) is 2.77. The fourth-order valence-electron chi connectivity index (χ4n) is 4.55. The highest BCUT2D eigenvalue weighted by Crippen LogP contribution is 2.45. The Bertz CT molecular complexity index is 692. The van der Waals surface area contributed by atoms with Crippen molar-refractivity contribution in [2.24, 2.45) is 0 Å². The van der Waals surface area contributed by atoms with Crippen molar-refractivity contribution in [3.05, 3.63) is 23.3 Å². The number of nitrogens with zero attached hydrogens (tertiary/aromatic N) is 2. The zero-order valence-corrected chi connectivity index (χ0v) is 15.2. The summed E-state index contributed by atoms with van der Waals surface area (Å²) < 4.78 is 17.1. The van der Waals surface area contributed by atoms with E-state index in [9.17, 15) is 4.79 Å². The molecule has 3 heterocycles. The predicted molar refractivity (Wildman–Crippen MR) is 93.1 cm³/mol. The second-order valence-corrected chi connectivity index (χ2v) is 7.38. The van der Waals surface area contributed by atoms with Gasteiger partial charge in [0, 0.05) is 32.7 Å². The summed E-state index contributed by atoms with van der Waals surface area (Å²) >= 11 is 0. The molecule has 1 spiro atoms. The van der Waals surface area contributed by atoms with Gasteiger partial charge in [0.25, 0.3) is 0 Å². The highest BCUT2D eigenvalue weighted by Gasteiger charge is 2.46. The van der Waals surface area contributed by atoms with Gasteiger partial charge in [-0.15, -0.1) is 0 Å². The van der Waals surface area contributed by atoms with Gasteiger partial charge in [0.15, 0.2) is 11.5 Å². The fourth-order valence-corrected chi connectivity index (χ4v) is 4.55. The summed E-state index contributed by atoms with van der Waals surface area (Å²) in [6, 6.07) is 4.55. The first-order chi connectivity index (χ1) is 12.0. The number of benzene rings is 1. The molecule has 0 N–H and O–H groups in total. The summed E-state index contributed by atoms with van der Waals surface area (Å²) in [7, 11) is 5.23. The predicted octanol–water partition coefficient (Wildman–Crippen LogP) is 1.62. The van der Waals surface area contributed by atoms with Gasteiger partial charge in [-0.25, -0.2) is 0 Å². The van der Waals surface area contributed by atoms with Crippen molar-refractivity contribution in [3.8, 4) is 11.5 Å². The van der Waals surface area contributed by atoms with Gasteiger partial charge in [-0.2, -0.15) is 0 Å². The van der Waals surface area contributed by atoms with E-state index in [-0.39, 0.29) is 18.1 Å². The molecule has 2 atom stereocenters. The monoisotopic (exact) mass is 346 g/mol. The Kier molecular flexibility index (Phi) is 4.12. The Labute approximate surface area is 148 Å². The molecule has 0 radical (unpaired) electrons. The third-order valence-electron chi connectivity index (χ3n) is 5.99. The highest BCUT2D eigenvalue weighted by atomic mass is 16.5. The van der Waals surface area contributed by atoms with Crippen LogP contribution in [0, 0.1) is 0 Å². The Morgan fingerprint density at radius 2 is 1.96 bits per heavy atom. The summed E-state index contributed by atoms with van der Waals surface area (Å²) in [6.45, 7) is 2.93. The van der Waals surface area contributed by atoms with Crippen LogP contribution in [0.25, 0.3) is 0 Å². The lowest BCUT2D eigenvalue weighted by Crippen LogP contribution is -2.59. The van der Waals surface area contributed by atoms with Crippen LogP contribution in [-0.2, 0) is 16.0 Å². The highest BCUT2D eigenvalue weighted by molar-refractivity contribution is 5.78. The molecule has 0 bridgehead atoms.